The van der Waals surface area contributed by atoms with Gasteiger partial charge in [0.05, 0.1) is 21.9 Å². The van der Waals surface area contributed by atoms with Crippen molar-refractivity contribution in [3.8, 4) is 0 Å². The number of nitrogens with zero attached hydrogens (tertiary/aromatic N) is 1. The van der Waals surface area contributed by atoms with Crippen LogP contribution in [-0.2, 0) is 4.57 Å². The van der Waals surface area contributed by atoms with Crippen LogP contribution in [0, 0.1) is 10.1 Å². The highest BCUT2D eigenvalue weighted by molar-refractivity contribution is 7.89. The van der Waals surface area contributed by atoms with Gasteiger partial charge in [0.2, 0.25) is 0 Å². The maximum absolute atomic E-state index is 11.6. The molecule has 0 aliphatic heterocycles. The number of nitro benzene ring substituents is 1. The standard InChI is InChI=1S/C9H11Cl2N2O3P/c1-2-17(11,16)6-12-9-5-7(13(14)15)3-4-8(9)10/h3-5,12H,2,6H2,1H3. The van der Waals surface area contributed by atoms with Crippen LogP contribution in [0.2, 0.25) is 5.02 Å². The van der Waals surface area contributed by atoms with Crippen molar-refractivity contribution in [2.75, 3.05) is 17.8 Å². The third-order valence-corrected chi connectivity index (χ3v) is 5.12. The molecule has 0 fully saturated rings. The number of hydrogen-bond acceptors (Lipinski definition) is 4. The van der Waals surface area contributed by atoms with Gasteiger partial charge >= 0.3 is 0 Å². The Labute approximate surface area is 108 Å². The lowest BCUT2D eigenvalue weighted by Gasteiger charge is -2.11. The molecule has 1 N–H and O–H groups in total. The van der Waals surface area contributed by atoms with E-state index >= 15 is 0 Å². The summed E-state index contributed by atoms with van der Waals surface area (Å²) >= 11 is 11.6. The van der Waals surface area contributed by atoms with E-state index in [0.29, 0.717) is 16.9 Å². The molecule has 0 spiro atoms. The molecule has 0 saturated heterocycles. The van der Waals surface area contributed by atoms with Crippen LogP contribution in [0.4, 0.5) is 11.4 Å². The average Bonchev–Trinajstić information content (AvgIpc) is 2.27. The predicted octanol–water partition coefficient (Wildman–Crippen LogP) is 4.15. The molecule has 8 heteroatoms. The normalized spacial score (nSPS) is 14.1. The van der Waals surface area contributed by atoms with Gasteiger partial charge in [-0.25, -0.2) is 0 Å². The van der Waals surface area contributed by atoms with Crippen LogP contribution in [0.1, 0.15) is 6.92 Å². The maximum atomic E-state index is 11.6. The fourth-order valence-electron chi connectivity index (χ4n) is 1.08. The molecule has 1 unspecified atom stereocenters. The lowest BCUT2D eigenvalue weighted by Crippen LogP contribution is -2.02. The van der Waals surface area contributed by atoms with E-state index in [1.54, 1.807) is 6.92 Å². The van der Waals surface area contributed by atoms with Gasteiger partial charge in [0, 0.05) is 18.3 Å². The van der Waals surface area contributed by atoms with E-state index < -0.39 is 11.4 Å². The van der Waals surface area contributed by atoms with Gasteiger partial charge in [0.15, 0.2) is 6.49 Å². The second-order valence-corrected chi connectivity index (χ2v) is 8.15. The van der Waals surface area contributed by atoms with E-state index in [1.165, 1.54) is 18.2 Å². The zero-order chi connectivity index (χ0) is 13.1. The van der Waals surface area contributed by atoms with E-state index in [9.17, 15) is 14.7 Å². The largest absolute Gasteiger partial charge is 0.375 e. The first-order valence-corrected chi connectivity index (χ1v) is 8.17. The van der Waals surface area contributed by atoms with E-state index in [-0.39, 0.29) is 12.0 Å². The molecule has 0 radical (unpaired) electrons. The number of rotatable bonds is 5. The van der Waals surface area contributed by atoms with Crippen LogP contribution in [0.25, 0.3) is 0 Å². The predicted molar refractivity (Wildman–Crippen MR) is 70.6 cm³/mol. The fraction of sp³-hybridized carbons (Fsp3) is 0.333. The van der Waals surface area contributed by atoms with Crippen molar-refractivity contribution < 1.29 is 9.49 Å². The van der Waals surface area contributed by atoms with E-state index in [4.69, 9.17) is 22.8 Å². The molecule has 1 aromatic carbocycles. The average molecular weight is 297 g/mol. The molecule has 0 heterocycles. The number of halogens is 2. The number of benzene rings is 1. The molecule has 0 bridgehead atoms. The maximum Gasteiger partial charge on any atom is 0.271 e. The summed E-state index contributed by atoms with van der Waals surface area (Å²) in [6.07, 6.45) is 0.389. The van der Waals surface area contributed by atoms with Gasteiger partial charge in [-0.2, -0.15) is 0 Å². The Morgan fingerprint density at radius 3 is 2.71 bits per heavy atom. The minimum absolute atomic E-state index is 0.0476. The summed E-state index contributed by atoms with van der Waals surface area (Å²) in [6, 6.07) is 4.00. The first-order chi connectivity index (χ1) is 7.85. The third-order valence-electron chi connectivity index (χ3n) is 2.14. The summed E-state index contributed by atoms with van der Waals surface area (Å²) in [5.74, 6) is 0. The molecule has 0 saturated carbocycles. The van der Waals surface area contributed by atoms with Gasteiger partial charge in [-0.05, 0) is 6.07 Å². The van der Waals surface area contributed by atoms with Crippen molar-refractivity contribution >= 4 is 40.7 Å². The van der Waals surface area contributed by atoms with Crippen LogP contribution in [0.5, 0.6) is 0 Å². The van der Waals surface area contributed by atoms with Gasteiger partial charge in [-0.3, -0.25) is 10.1 Å². The molecule has 94 valence electrons. The van der Waals surface area contributed by atoms with Crippen molar-refractivity contribution in [3.63, 3.8) is 0 Å². The molecule has 0 aromatic heterocycles. The Hall–Kier alpha value is -0.770. The number of hydrogen-bond donors (Lipinski definition) is 1. The summed E-state index contributed by atoms with van der Waals surface area (Å²) in [4.78, 5) is 10.0. The smallest absolute Gasteiger partial charge is 0.271 e. The molecule has 1 rings (SSSR count). The molecule has 17 heavy (non-hydrogen) atoms. The summed E-state index contributed by atoms with van der Waals surface area (Å²) < 4.78 is 11.6. The fourth-order valence-corrected chi connectivity index (χ4v) is 2.07. The molecular formula is C9H11Cl2N2O3P. The Balaban J connectivity index is 2.87. The second kappa shape index (κ2) is 5.71. The highest BCUT2D eigenvalue weighted by Crippen LogP contribution is 2.50. The van der Waals surface area contributed by atoms with Crippen LogP contribution in [0.3, 0.4) is 0 Å². The summed E-state index contributed by atoms with van der Waals surface area (Å²) in [5, 5.41) is 13.7. The van der Waals surface area contributed by atoms with Crippen molar-refractivity contribution in [1.29, 1.82) is 0 Å². The minimum Gasteiger partial charge on any atom is -0.375 e. The highest BCUT2D eigenvalue weighted by Gasteiger charge is 2.16. The van der Waals surface area contributed by atoms with Crippen molar-refractivity contribution in [1.82, 2.24) is 0 Å². The van der Waals surface area contributed by atoms with Crippen molar-refractivity contribution in [2.45, 2.75) is 6.92 Å². The minimum atomic E-state index is -2.76. The van der Waals surface area contributed by atoms with Crippen molar-refractivity contribution in [3.05, 3.63) is 33.3 Å². The molecule has 1 aromatic rings. The van der Waals surface area contributed by atoms with Gasteiger partial charge in [-0.1, -0.05) is 29.8 Å². The Bertz CT molecular complexity index is 481. The zero-order valence-corrected chi connectivity index (χ0v) is 11.4. The lowest BCUT2D eigenvalue weighted by molar-refractivity contribution is -0.384. The van der Waals surface area contributed by atoms with Crippen LogP contribution in [0.15, 0.2) is 18.2 Å². The molecular weight excluding hydrogens is 286 g/mol. The third kappa shape index (κ3) is 4.19. The topological polar surface area (TPSA) is 72.2 Å². The number of nitrogens with one attached hydrogen (secondary N) is 1. The first kappa shape index (κ1) is 14.3. The quantitative estimate of drug-likeness (QED) is 0.503. The van der Waals surface area contributed by atoms with E-state index in [2.05, 4.69) is 5.32 Å². The molecule has 5 nitrogen and oxygen atoms in total. The Kier molecular flexibility index (Phi) is 4.80. The monoisotopic (exact) mass is 296 g/mol. The summed E-state index contributed by atoms with van der Waals surface area (Å²) in [7, 11) is 0. The van der Waals surface area contributed by atoms with Gasteiger partial charge in [0.25, 0.3) is 5.69 Å². The molecule has 1 atom stereocenters. The Morgan fingerprint density at radius 2 is 2.18 bits per heavy atom. The molecule has 0 aliphatic rings. The zero-order valence-electron chi connectivity index (χ0n) is 9.02. The lowest BCUT2D eigenvalue weighted by atomic mass is 10.3. The van der Waals surface area contributed by atoms with Crippen LogP contribution < -0.4 is 5.32 Å². The number of nitro groups is 1. The second-order valence-electron chi connectivity index (χ2n) is 3.36. The SMILES string of the molecule is CCP(=O)(Cl)CNc1cc([N+](=O)[O-])ccc1Cl. The van der Waals surface area contributed by atoms with E-state index in [1.807, 2.05) is 0 Å². The molecule has 0 amide bonds. The highest BCUT2D eigenvalue weighted by atomic mass is 35.7. The van der Waals surface area contributed by atoms with Crippen LogP contribution >= 0.6 is 29.3 Å². The molecule has 0 aliphatic carbocycles. The van der Waals surface area contributed by atoms with Gasteiger partial charge < -0.3 is 9.88 Å². The number of anilines is 1. The summed E-state index contributed by atoms with van der Waals surface area (Å²) in [5.41, 5.74) is 0.271. The van der Waals surface area contributed by atoms with E-state index in [0.717, 1.165) is 0 Å². The summed E-state index contributed by atoms with van der Waals surface area (Å²) in [6.45, 7) is -1.05. The first-order valence-electron chi connectivity index (χ1n) is 4.81. The van der Waals surface area contributed by atoms with Crippen molar-refractivity contribution in [2.24, 2.45) is 0 Å². The Morgan fingerprint density at radius 1 is 1.53 bits per heavy atom. The van der Waals surface area contributed by atoms with Gasteiger partial charge in [0.1, 0.15) is 0 Å². The van der Waals surface area contributed by atoms with Crippen LogP contribution in [-0.4, -0.2) is 17.4 Å². The van der Waals surface area contributed by atoms with Gasteiger partial charge in [-0.15, -0.1) is 0 Å². The number of non-ortho nitro benzene ring substituents is 1.